The lowest BCUT2D eigenvalue weighted by Gasteiger charge is -2.30. The topological polar surface area (TPSA) is 130 Å². The highest BCUT2D eigenvalue weighted by Gasteiger charge is 2.37. The van der Waals surface area contributed by atoms with E-state index in [9.17, 15) is 23.1 Å². The van der Waals surface area contributed by atoms with Gasteiger partial charge in [0.2, 0.25) is 11.8 Å². The summed E-state index contributed by atoms with van der Waals surface area (Å²) in [5, 5.41) is 22.4. The van der Waals surface area contributed by atoms with E-state index in [1.54, 1.807) is 20.2 Å². The van der Waals surface area contributed by atoms with Crippen molar-refractivity contribution in [3.8, 4) is 34.0 Å². The number of anilines is 1. The van der Waals surface area contributed by atoms with Crippen molar-refractivity contribution < 1.29 is 32.5 Å². The highest BCUT2D eigenvalue weighted by Crippen LogP contribution is 2.44. The molecule has 1 saturated heterocycles. The van der Waals surface area contributed by atoms with E-state index in [0.29, 0.717) is 48.8 Å². The first-order valence-corrected chi connectivity index (χ1v) is 18.1. The number of alkyl halides is 3. The number of amides is 1. The molecular formula is C39H44ClF3N6O4. The molecule has 3 atom stereocenters. The SMILES string of the molecule is COc1cc(-c2nccc(-c3cccc4c3CCC[C@H]4Nc3nc(OC)c(CNC[C@H](C)O)cc3C(F)(F)F)c2Cl)ccc1CNC[C@H]1CCC(=O)N1. The van der Waals surface area contributed by atoms with Crippen LogP contribution in [0.3, 0.4) is 0 Å². The lowest BCUT2D eigenvalue weighted by molar-refractivity contribution is -0.137. The van der Waals surface area contributed by atoms with Crippen LogP contribution in [0.25, 0.3) is 22.4 Å². The second-order valence-electron chi connectivity index (χ2n) is 13.5. The highest BCUT2D eigenvalue weighted by molar-refractivity contribution is 6.35. The van der Waals surface area contributed by atoms with Gasteiger partial charge in [-0.1, -0.05) is 41.9 Å². The third-order valence-electron chi connectivity index (χ3n) is 9.66. The van der Waals surface area contributed by atoms with Crippen molar-refractivity contribution in [3.63, 3.8) is 0 Å². The second-order valence-corrected chi connectivity index (χ2v) is 13.9. The van der Waals surface area contributed by atoms with Gasteiger partial charge in [0.1, 0.15) is 11.6 Å². The number of nitrogens with zero attached hydrogens (tertiary/aromatic N) is 2. The van der Waals surface area contributed by atoms with Crippen LogP contribution >= 0.6 is 11.6 Å². The van der Waals surface area contributed by atoms with E-state index in [-0.39, 0.29) is 42.3 Å². The minimum Gasteiger partial charge on any atom is -0.496 e. The van der Waals surface area contributed by atoms with Crippen LogP contribution < -0.4 is 30.7 Å². The largest absolute Gasteiger partial charge is 0.496 e. The van der Waals surface area contributed by atoms with Gasteiger partial charge in [-0.15, -0.1) is 0 Å². The molecule has 4 aromatic rings. The number of aromatic nitrogens is 2. The van der Waals surface area contributed by atoms with E-state index in [4.69, 9.17) is 21.1 Å². The van der Waals surface area contributed by atoms with Gasteiger partial charge in [0, 0.05) is 67.1 Å². The number of aliphatic hydroxyl groups excluding tert-OH is 1. The van der Waals surface area contributed by atoms with Crippen LogP contribution in [0.15, 0.2) is 54.7 Å². The molecule has 0 radical (unpaired) electrons. The smallest absolute Gasteiger partial charge is 0.419 e. The Labute approximate surface area is 311 Å². The molecule has 2 aromatic heterocycles. The molecule has 1 aliphatic heterocycles. The summed E-state index contributed by atoms with van der Waals surface area (Å²) in [6.45, 7) is 3.06. The Morgan fingerprint density at radius 2 is 1.83 bits per heavy atom. The van der Waals surface area contributed by atoms with E-state index < -0.39 is 23.9 Å². The Hall–Kier alpha value is -4.43. The average molecular weight is 753 g/mol. The van der Waals surface area contributed by atoms with Crippen LogP contribution in [-0.4, -0.2) is 60.4 Å². The van der Waals surface area contributed by atoms with Crippen molar-refractivity contribution >= 4 is 23.3 Å². The first-order chi connectivity index (χ1) is 25.5. The Morgan fingerprint density at radius 1 is 1.02 bits per heavy atom. The summed E-state index contributed by atoms with van der Waals surface area (Å²) in [5.41, 5.74) is 5.16. The molecule has 0 saturated carbocycles. The number of hydrogen-bond donors (Lipinski definition) is 5. The summed E-state index contributed by atoms with van der Waals surface area (Å²) in [6.07, 6.45) is -0.218. The number of carbonyl (C=O) groups excluding carboxylic acids is 1. The molecule has 5 N–H and O–H groups in total. The summed E-state index contributed by atoms with van der Waals surface area (Å²) in [5.74, 6) is 0.516. The van der Waals surface area contributed by atoms with Crippen LogP contribution in [0, 0.1) is 0 Å². The van der Waals surface area contributed by atoms with Gasteiger partial charge in [0.05, 0.1) is 42.6 Å². The molecule has 0 unspecified atom stereocenters. The average Bonchev–Trinajstić information content (AvgIpc) is 3.56. The van der Waals surface area contributed by atoms with Crippen LogP contribution in [0.1, 0.15) is 66.5 Å². The van der Waals surface area contributed by atoms with Crippen LogP contribution in [0.2, 0.25) is 5.02 Å². The molecule has 1 amide bonds. The number of halogens is 4. The molecule has 10 nitrogen and oxygen atoms in total. The van der Waals surface area contributed by atoms with Crippen molar-refractivity contribution in [2.75, 3.05) is 32.6 Å². The molecule has 6 rings (SSSR count). The summed E-state index contributed by atoms with van der Waals surface area (Å²) < 4.78 is 54.5. The number of ether oxygens (including phenoxy) is 2. The van der Waals surface area contributed by atoms with Crippen molar-refractivity contribution in [1.82, 2.24) is 25.9 Å². The number of rotatable bonds is 14. The summed E-state index contributed by atoms with van der Waals surface area (Å²) in [6, 6.07) is 14.2. The number of nitrogens with one attached hydrogen (secondary N) is 4. The normalized spacial score (nSPS) is 17.6. The van der Waals surface area contributed by atoms with E-state index in [2.05, 4.69) is 31.2 Å². The number of aliphatic hydroxyl groups is 1. The zero-order chi connectivity index (χ0) is 37.7. The highest BCUT2D eigenvalue weighted by atomic mass is 35.5. The molecule has 53 heavy (non-hydrogen) atoms. The number of benzene rings is 2. The Kier molecular flexibility index (Phi) is 12.1. The predicted molar refractivity (Wildman–Crippen MR) is 198 cm³/mol. The maximum Gasteiger partial charge on any atom is 0.419 e. The Balaban J connectivity index is 1.27. The molecule has 0 bridgehead atoms. The van der Waals surface area contributed by atoms with Gasteiger partial charge >= 0.3 is 6.18 Å². The minimum atomic E-state index is -4.67. The van der Waals surface area contributed by atoms with E-state index in [0.717, 1.165) is 52.3 Å². The van der Waals surface area contributed by atoms with Crippen LogP contribution in [0.5, 0.6) is 11.6 Å². The molecule has 3 heterocycles. The molecule has 14 heteroatoms. The quantitative estimate of drug-likeness (QED) is 0.0942. The third kappa shape index (κ3) is 8.86. The monoisotopic (exact) mass is 752 g/mol. The zero-order valence-electron chi connectivity index (χ0n) is 29.9. The molecule has 2 aliphatic rings. The van der Waals surface area contributed by atoms with Gasteiger partial charge in [0.15, 0.2) is 0 Å². The summed E-state index contributed by atoms with van der Waals surface area (Å²) in [7, 11) is 2.98. The van der Waals surface area contributed by atoms with Gasteiger partial charge in [-0.05, 0) is 67.5 Å². The predicted octanol–water partition coefficient (Wildman–Crippen LogP) is 6.83. The van der Waals surface area contributed by atoms with Crippen LogP contribution in [-0.2, 0) is 30.5 Å². The standard InChI is InChI=1S/C39H44ClF3N6O4/c1-22(50)18-44-20-25-16-31(39(41,42)43)37(49-38(25)53-3)48-32-9-5-7-27-28(6-4-8-29(27)32)30-14-15-46-36(35(30)40)23-10-11-24(33(17-23)52-2)19-45-21-26-12-13-34(51)47-26/h4,6,8,10-11,14-17,22,26,32,44-45,50H,5,7,9,12-13,18-21H2,1-3H3,(H,47,51)(H,48,49)/t22-,26+,32+/m0/s1. The van der Waals surface area contributed by atoms with Gasteiger partial charge < -0.3 is 35.8 Å². The lowest BCUT2D eigenvalue weighted by Crippen LogP contribution is -2.35. The number of methoxy groups -OCH3 is 2. The molecule has 0 spiro atoms. The molecule has 1 aliphatic carbocycles. The third-order valence-corrected chi connectivity index (χ3v) is 10.0. The Morgan fingerprint density at radius 3 is 2.55 bits per heavy atom. The van der Waals surface area contributed by atoms with Gasteiger partial charge in [-0.3, -0.25) is 9.78 Å². The molecule has 2 aromatic carbocycles. The summed E-state index contributed by atoms with van der Waals surface area (Å²) in [4.78, 5) is 20.5. The molecule has 282 valence electrons. The lowest BCUT2D eigenvalue weighted by atomic mass is 9.83. The van der Waals surface area contributed by atoms with Crippen molar-refractivity contribution in [2.45, 2.75) is 76.5 Å². The second kappa shape index (κ2) is 16.7. The maximum atomic E-state index is 14.4. The first-order valence-electron chi connectivity index (χ1n) is 17.7. The molecule has 1 fully saturated rings. The maximum absolute atomic E-state index is 14.4. The fourth-order valence-corrected chi connectivity index (χ4v) is 7.42. The first kappa shape index (κ1) is 38.3. The zero-order valence-corrected chi connectivity index (χ0v) is 30.6. The fourth-order valence-electron chi connectivity index (χ4n) is 7.10. The van der Waals surface area contributed by atoms with Gasteiger partial charge in [-0.2, -0.15) is 18.2 Å². The van der Waals surface area contributed by atoms with Gasteiger partial charge in [0.25, 0.3) is 0 Å². The van der Waals surface area contributed by atoms with E-state index in [1.807, 2.05) is 42.5 Å². The number of carbonyl (C=O) groups is 1. The minimum absolute atomic E-state index is 0.0468. The number of fused-ring (bicyclic) bond motifs is 1. The molecular weight excluding hydrogens is 709 g/mol. The van der Waals surface area contributed by atoms with Crippen molar-refractivity contribution in [1.29, 1.82) is 0 Å². The number of pyridine rings is 2. The van der Waals surface area contributed by atoms with E-state index >= 15 is 0 Å². The van der Waals surface area contributed by atoms with E-state index in [1.165, 1.54) is 7.11 Å². The van der Waals surface area contributed by atoms with Crippen molar-refractivity contribution in [2.24, 2.45) is 0 Å². The van der Waals surface area contributed by atoms with Gasteiger partial charge in [-0.25, -0.2) is 0 Å². The fraction of sp³-hybridized carbons (Fsp3) is 0.410. The summed E-state index contributed by atoms with van der Waals surface area (Å²) >= 11 is 7.13. The number of hydrogen-bond acceptors (Lipinski definition) is 9. The Bertz CT molecular complexity index is 1940. The van der Waals surface area contributed by atoms with Crippen molar-refractivity contribution in [3.05, 3.63) is 87.6 Å². The van der Waals surface area contributed by atoms with Crippen LogP contribution in [0.4, 0.5) is 19.0 Å².